The zero-order chi connectivity index (χ0) is 7.89. The van der Waals surface area contributed by atoms with E-state index in [4.69, 9.17) is 0 Å². The molecule has 1 atom stereocenters. The first-order valence-electron chi connectivity index (χ1n) is 3.65. The van der Waals surface area contributed by atoms with Gasteiger partial charge in [0.15, 0.2) is 0 Å². The van der Waals surface area contributed by atoms with Crippen molar-refractivity contribution in [2.75, 3.05) is 0 Å². The van der Waals surface area contributed by atoms with E-state index in [1.165, 1.54) is 11.1 Å². The van der Waals surface area contributed by atoms with E-state index in [2.05, 4.69) is 48.1 Å². The Morgan fingerprint density at radius 3 is 1.80 bits per heavy atom. The zero-order valence-corrected chi connectivity index (χ0v) is 8.64. The van der Waals surface area contributed by atoms with Crippen molar-refractivity contribution in [3.63, 3.8) is 0 Å². The molecule has 1 heteroatoms. The normalized spacial score (nSPS) is 26.8. The van der Waals surface area contributed by atoms with Crippen LogP contribution < -0.4 is 0 Å². The van der Waals surface area contributed by atoms with Crippen LogP contribution in [0.1, 0.15) is 30.5 Å². The Hall–Kier alpha value is 0.194. The van der Waals surface area contributed by atoms with Gasteiger partial charge in [-0.1, -0.05) is 0 Å². The molecule has 0 N–H and O–H groups in total. The minimum atomic E-state index is 0. The van der Waals surface area contributed by atoms with Crippen molar-refractivity contribution in [2.45, 2.75) is 27.7 Å². The van der Waals surface area contributed by atoms with Gasteiger partial charge in [0, 0.05) is 0 Å². The summed E-state index contributed by atoms with van der Waals surface area (Å²) >= 11 is 2.24. The predicted octanol–water partition coefficient (Wildman–Crippen LogP) is 3.02. The van der Waals surface area contributed by atoms with Crippen molar-refractivity contribution < 1.29 is 23.3 Å². The van der Waals surface area contributed by atoms with Crippen molar-refractivity contribution in [1.82, 2.24) is 0 Å². The number of rotatable bonds is 0. The molecule has 0 aromatic rings. The molecule has 0 saturated heterocycles. The number of hydrogen-bond acceptors (Lipinski definition) is 0. The van der Waals surface area contributed by atoms with Gasteiger partial charge in [-0.2, -0.15) is 0 Å². The fraction of sp³-hybridized carbons (Fsp3) is 0.556. The summed E-state index contributed by atoms with van der Waals surface area (Å²) in [6, 6.07) is 0. The molecule has 1 rings (SSSR count). The van der Waals surface area contributed by atoms with Gasteiger partial charge in [-0.3, -0.25) is 0 Å². The molecule has 0 radical (unpaired) electrons. The maximum Gasteiger partial charge on any atom is -1.00 e. The van der Waals surface area contributed by atoms with Gasteiger partial charge in [-0.05, 0) is 0 Å². The monoisotopic (exact) mass is 171 g/mol. The second kappa shape index (κ2) is 2.67. The minimum Gasteiger partial charge on any atom is -1.00 e. The third-order valence-corrected chi connectivity index (χ3v) is 3.90. The molecule has 0 amide bonds. The topological polar surface area (TPSA) is 0 Å². The molecule has 0 spiro atoms. The molecule has 0 fully saturated rings. The summed E-state index contributed by atoms with van der Waals surface area (Å²) in [5, 5.41) is 0. The Bertz CT molecular complexity index is 205. The summed E-state index contributed by atoms with van der Waals surface area (Å²) in [7, 11) is 0. The Morgan fingerprint density at radius 2 is 1.70 bits per heavy atom. The van der Waals surface area contributed by atoms with Crippen LogP contribution in [0.2, 0.25) is 0 Å². The fourth-order valence-electron chi connectivity index (χ4n) is 1.36. The summed E-state index contributed by atoms with van der Waals surface area (Å²) in [6.07, 6.45) is 0. The van der Waals surface area contributed by atoms with Gasteiger partial charge in [-0.15, -0.1) is 0 Å². The van der Waals surface area contributed by atoms with E-state index in [-0.39, 0.29) is 2.85 Å². The van der Waals surface area contributed by atoms with Crippen LogP contribution in [0.4, 0.5) is 0 Å². The maximum atomic E-state index is 2.28. The zero-order valence-electron chi connectivity index (χ0n) is 9.08. The van der Waals surface area contributed by atoms with Crippen LogP contribution in [-0.4, -0.2) is 0 Å². The molecule has 10 heavy (non-hydrogen) atoms. The first-order chi connectivity index (χ1) is 4.55. The van der Waals surface area contributed by atoms with Crippen molar-refractivity contribution >= 4 is 0 Å². The van der Waals surface area contributed by atoms with E-state index in [9.17, 15) is 0 Å². The van der Waals surface area contributed by atoms with Gasteiger partial charge in [0.2, 0.25) is 0 Å². The van der Waals surface area contributed by atoms with E-state index in [1.54, 1.807) is 9.45 Å². The Kier molecular flexibility index (Phi) is 2.22. The van der Waals surface area contributed by atoms with Crippen LogP contribution in [0.3, 0.4) is 0 Å². The second-order valence-corrected chi connectivity index (χ2v) is 3.91. The molecule has 0 aromatic carbocycles. The molecule has 0 aromatic heterocycles. The van der Waals surface area contributed by atoms with Gasteiger partial charge < -0.3 is 2.85 Å². The molecule has 0 nitrogen and oxygen atoms in total. The fourth-order valence-corrected chi connectivity index (χ4v) is 1.99. The van der Waals surface area contributed by atoms with Crippen molar-refractivity contribution in [3.8, 4) is 0 Å². The first kappa shape index (κ1) is 8.29. The Balaban J connectivity index is 0. The van der Waals surface area contributed by atoms with Crippen LogP contribution in [0.15, 0.2) is 20.6 Å². The van der Waals surface area contributed by atoms with E-state index >= 15 is 0 Å². The molecular formula is C9H15Ti. The molecule has 55 valence electrons. The standard InChI is InChI=1S/C9H13.Ti.2H/c1-6-5-7(2)9(4)8(6)3;;;/h6H,1-4H3;;;/q;+2;2*-1. The van der Waals surface area contributed by atoms with Crippen molar-refractivity contribution in [2.24, 2.45) is 5.92 Å². The third kappa shape index (κ3) is 1.04. The van der Waals surface area contributed by atoms with Gasteiger partial charge >= 0.3 is 74.6 Å². The second-order valence-electron chi connectivity index (χ2n) is 3.07. The molecule has 1 unspecified atom stereocenters. The van der Waals surface area contributed by atoms with Crippen LogP contribution in [0.25, 0.3) is 0 Å². The van der Waals surface area contributed by atoms with Crippen LogP contribution in [0, 0.1) is 5.92 Å². The van der Waals surface area contributed by atoms with Gasteiger partial charge in [0.25, 0.3) is 0 Å². The molecular weight excluding hydrogens is 156 g/mol. The summed E-state index contributed by atoms with van der Waals surface area (Å²) in [5.41, 5.74) is 4.56. The first-order valence-corrected chi connectivity index (χ1v) is 4.44. The van der Waals surface area contributed by atoms with E-state index in [1.807, 2.05) is 0 Å². The van der Waals surface area contributed by atoms with Crippen LogP contribution >= 0.6 is 0 Å². The maximum absolute atomic E-state index is 2.28. The molecule has 1 aliphatic rings. The van der Waals surface area contributed by atoms with Crippen LogP contribution in [0.5, 0.6) is 0 Å². The van der Waals surface area contributed by atoms with E-state index in [0.29, 0.717) is 5.92 Å². The minimum absolute atomic E-state index is 0. The molecule has 0 bridgehead atoms. The van der Waals surface area contributed by atoms with Gasteiger partial charge in [0.1, 0.15) is 0 Å². The summed E-state index contributed by atoms with van der Waals surface area (Å²) in [4.78, 5) is 0. The van der Waals surface area contributed by atoms with Crippen molar-refractivity contribution in [3.05, 3.63) is 20.6 Å². The summed E-state index contributed by atoms with van der Waals surface area (Å²) < 4.78 is 1.55. The molecule has 0 saturated carbocycles. The van der Waals surface area contributed by atoms with Gasteiger partial charge in [0.05, 0.1) is 0 Å². The predicted molar refractivity (Wildman–Crippen MR) is 42.5 cm³/mol. The number of hydrogen-bond donors (Lipinski definition) is 0. The van der Waals surface area contributed by atoms with Gasteiger partial charge in [-0.25, -0.2) is 0 Å². The molecule has 0 aliphatic heterocycles. The van der Waals surface area contributed by atoms with Crippen molar-refractivity contribution in [1.29, 1.82) is 0 Å². The van der Waals surface area contributed by atoms with E-state index < -0.39 is 0 Å². The Labute approximate surface area is 77.8 Å². The summed E-state index contributed by atoms with van der Waals surface area (Å²) in [6.45, 7) is 8.96. The molecule has 1 aliphatic carbocycles. The average Bonchev–Trinajstić information content (AvgIpc) is 2.07. The Morgan fingerprint density at radius 1 is 1.20 bits per heavy atom. The SMILES string of the molecule is CC1=C(C)C(C)[C]([Ti+2])=C1C.[H-].[H-]. The third-order valence-electron chi connectivity index (χ3n) is 2.64. The quantitative estimate of drug-likeness (QED) is 0.491. The summed E-state index contributed by atoms with van der Waals surface area (Å²) in [5.74, 6) is 0.694. The average molecular weight is 171 g/mol. The van der Waals surface area contributed by atoms with Crippen LogP contribution in [-0.2, 0) is 20.4 Å². The largest absolute Gasteiger partial charge is 1.00 e. The molecule has 0 heterocycles. The number of allylic oxidation sites excluding steroid dienone is 4. The smallest absolute Gasteiger partial charge is 1.00 e. The van der Waals surface area contributed by atoms with E-state index in [0.717, 1.165) is 0 Å².